The summed E-state index contributed by atoms with van der Waals surface area (Å²) in [5.74, 6) is 0. The van der Waals surface area contributed by atoms with Gasteiger partial charge < -0.3 is 0 Å². The molecule has 0 aromatic rings. The van der Waals surface area contributed by atoms with Gasteiger partial charge in [0, 0.05) is 0 Å². The fraction of sp³-hybridized carbons (Fsp3) is 0.429. The van der Waals surface area contributed by atoms with Crippen molar-refractivity contribution in [1.82, 2.24) is 0 Å². The molecule has 0 saturated carbocycles. The minimum atomic E-state index is 1.59. The Morgan fingerprint density at radius 3 is 2.00 bits per heavy atom. The molecule has 0 atom stereocenters. The summed E-state index contributed by atoms with van der Waals surface area (Å²) in [5.41, 5.74) is 0. The maximum Gasteiger partial charge on any atom is -0.0291 e. The Balaban J connectivity index is 0. The maximum absolute atomic E-state index is 3.51. The molecule has 0 aliphatic carbocycles. The van der Waals surface area contributed by atoms with Crippen molar-refractivity contribution in [1.29, 1.82) is 0 Å². The van der Waals surface area contributed by atoms with Crippen LogP contribution in [0.25, 0.3) is 0 Å². The first-order chi connectivity index (χ1) is 3.91. The van der Waals surface area contributed by atoms with Crippen LogP contribution in [-0.2, 0) is 0 Å². The molecular weight excluding hydrogens is 116 g/mol. The Kier molecular flexibility index (Phi) is 21.3. The average molecular weight is 130 g/mol. The van der Waals surface area contributed by atoms with Crippen LogP contribution in [0.1, 0.15) is 20.8 Å². The van der Waals surface area contributed by atoms with Crippen LogP contribution in [0.3, 0.4) is 0 Å². The zero-order valence-corrected chi connectivity index (χ0v) is 6.66. The second-order valence-electron chi connectivity index (χ2n) is 0.772. The number of hydrogen-bond acceptors (Lipinski definition) is 1. The Morgan fingerprint density at radius 1 is 1.38 bits per heavy atom. The van der Waals surface area contributed by atoms with Gasteiger partial charge in [-0.2, -0.15) is 0 Å². The summed E-state index contributed by atoms with van der Waals surface area (Å²) in [4.78, 5) is 0. The molecule has 0 aromatic carbocycles. The van der Waals surface area contributed by atoms with Gasteiger partial charge in [-0.1, -0.05) is 26.5 Å². The van der Waals surface area contributed by atoms with Crippen molar-refractivity contribution in [2.75, 3.05) is 0 Å². The highest BCUT2D eigenvalue weighted by Gasteiger charge is 1.57. The van der Waals surface area contributed by atoms with Gasteiger partial charge in [0.1, 0.15) is 0 Å². The molecule has 0 N–H and O–H groups in total. The van der Waals surface area contributed by atoms with Crippen molar-refractivity contribution in [3.8, 4) is 0 Å². The van der Waals surface area contributed by atoms with E-state index >= 15 is 0 Å². The van der Waals surface area contributed by atoms with E-state index in [1.165, 1.54) is 0 Å². The van der Waals surface area contributed by atoms with Crippen LogP contribution in [0.4, 0.5) is 0 Å². The van der Waals surface area contributed by atoms with Crippen LogP contribution in [0.2, 0.25) is 0 Å². The molecule has 0 aliphatic rings. The van der Waals surface area contributed by atoms with Gasteiger partial charge in [0.05, 0.1) is 0 Å². The molecule has 0 fully saturated rings. The van der Waals surface area contributed by atoms with E-state index in [4.69, 9.17) is 0 Å². The van der Waals surface area contributed by atoms with Gasteiger partial charge >= 0.3 is 0 Å². The van der Waals surface area contributed by atoms with Crippen molar-refractivity contribution < 1.29 is 0 Å². The Hall–Kier alpha value is -0.170. The van der Waals surface area contributed by atoms with Crippen LogP contribution in [-0.4, -0.2) is 0 Å². The highest BCUT2D eigenvalue weighted by Crippen LogP contribution is 1.99. The summed E-state index contributed by atoms with van der Waals surface area (Å²) in [6, 6.07) is 0. The van der Waals surface area contributed by atoms with Crippen molar-refractivity contribution in [3.63, 3.8) is 0 Å². The Labute approximate surface area is 56.7 Å². The third-order valence-electron chi connectivity index (χ3n) is 0.311. The molecule has 0 radical (unpaired) electrons. The molecule has 8 heavy (non-hydrogen) atoms. The third kappa shape index (κ3) is 17.0. The van der Waals surface area contributed by atoms with Crippen LogP contribution in [0.15, 0.2) is 23.5 Å². The van der Waals surface area contributed by atoms with E-state index in [-0.39, 0.29) is 0 Å². The summed E-state index contributed by atoms with van der Waals surface area (Å²) in [7, 11) is 0. The predicted octanol–water partition coefficient (Wildman–Crippen LogP) is 3.42. The molecule has 0 aliphatic heterocycles. The molecule has 0 aromatic heterocycles. The van der Waals surface area contributed by atoms with Gasteiger partial charge in [0.15, 0.2) is 0 Å². The highest BCUT2D eigenvalue weighted by atomic mass is 32.2. The van der Waals surface area contributed by atoms with Gasteiger partial charge in [-0.15, -0.1) is 11.8 Å². The second-order valence-corrected chi connectivity index (χ2v) is 1.65. The largest absolute Gasteiger partial charge is 0.107 e. The van der Waals surface area contributed by atoms with E-state index in [0.29, 0.717) is 0 Å². The zero-order chi connectivity index (χ0) is 6.83. The molecule has 0 saturated heterocycles. The average Bonchev–Trinajstić information content (AvgIpc) is 1.88. The lowest BCUT2D eigenvalue weighted by atomic mass is 10.8. The van der Waals surface area contributed by atoms with Crippen molar-refractivity contribution in [3.05, 3.63) is 23.5 Å². The van der Waals surface area contributed by atoms with Crippen molar-refractivity contribution in [2.24, 2.45) is 0 Å². The van der Waals surface area contributed by atoms with Gasteiger partial charge in [-0.05, 0) is 17.7 Å². The minimum Gasteiger partial charge on any atom is -0.107 e. The van der Waals surface area contributed by atoms with Crippen LogP contribution in [0.5, 0.6) is 0 Å². The predicted molar refractivity (Wildman–Crippen MR) is 44.0 cm³/mol. The highest BCUT2D eigenvalue weighted by molar-refractivity contribution is 8.04. The minimum absolute atomic E-state index is 1.59. The summed E-state index contributed by atoms with van der Waals surface area (Å²) < 4.78 is 0. The first-order valence-electron chi connectivity index (χ1n) is 2.79. The normalized spacial score (nSPS) is 7.88. The van der Waals surface area contributed by atoms with E-state index in [1.807, 2.05) is 32.3 Å². The number of hydrogen-bond donors (Lipinski definition) is 0. The number of allylic oxidation sites excluding steroid dienone is 1. The third-order valence-corrected chi connectivity index (χ3v) is 0.933. The number of rotatable bonds is 2. The standard InChI is InChI=1S/C5H8S.C2H6/c1-3-5-6-4-2;1-2/h3-5H,2H2,1H3;1-2H3/b5-3-;. The Bertz CT molecular complexity index is 55.4. The molecule has 0 nitrogen and oxygen atoms in total. The van der Waals surface area contributed by atoms with Gasteiger partial charge in [0.25, 0.3) is 0 Å². The smallest absolute Gasteiger partial charge is 0.0291 e. The number of thioether (sulfide) groups is 1. The molecule has 0 unspecified atom stereocenters. The SMILES string of the molecule is C=CS/C=C\C.CC. The van der Waals surface area contributed by atoms with E-state index < -0.39 is 0 Å². The lowest BCUT2D eigenvalue weighted by Crippen LogP contribution is -1.34. The van der Waals surface area contributed by atoms with E-state index in [1.54, 1.807) is 17.2 Å². The van der Waals surface area contributed by atoms with Gasteiger partial charge in [0.2, 0.25) is 0 Å². The van der Waals surface area contributed by atoms with Gasteiger partial charge in [-0.25, -0.2) is 0 Å². The van der Waals surface area contributed by atoms with Crippen LogP contribution in [0, 0.1) is 0 Å². The monoisotopic (exact) mass is 130 g/mol. The molecule has 0 amide bonds. The fourth-order valence-electron chi connectivity index (χ4n) is 0.134. The van der Waals surface area contributed by atoms with Crippen LogP contribution < -0.4 is 0 Å². The van der Waals surface area contributed by atoms with E-state index in [9.17, 15) is 0 Å². The summed E-state index contributed by atoms with van der Waals surface area (Å²) in [5, 5.41) is 3.77. The molecule has 0 heterocycles. The topological polar surface area (TPSA) is 0 Å². The van der Waals surface area contributed by atoms with Crippen molar-refractivity contribution in [2.45, 2.75) is 20.8 Å². The molecule has 0 bridgehead atoms. The first-order valence-corrected chi connectivity index (χ1v) is 3.73. The first kappa shape index (κ1) is 10.7. The van der Waals surface area contributed by atoms with E-state index in [2.05, 4.69) is 6.58 Å². The molecular formula is C7H14S. The summed E-state index contributed by atoms with van der Waals surface area (Å²) >= 11 is 1.59. The Morgan fingerprint density at radius 2 is 1.88 bits per heavy atom. The summed E-state index contributed by atoms with van der Waals surface area (Å²) in [6.07, 6.45) is 1.98. The van der Waals surface area contributed by atoms with Crippen molar-refractivity contribution >= 4 is 11.8 Å². The summed E-state index contributed by atoms with van der Waals surface area (Å²) in [6.45, 7) is 9.49. The maximum atomic E-state index is 3.51. The van der Waals surface area contributed by atoms with E-state index in [0.717, 1.165) is 0 Å². The molecule has 1 heteroatoms. The fourth-order valence-corrected chi connectivity index (χ4v) is 0.402. The molecule has 48 valence electrons. The second kappa shape index (κ2) is 15.8. The zero-order valence-electron chi connectivity index (χ0n) is 5.85. The van der Waals surface area contributed by atoms with Crippen LogP contribution >= 0.6 is 11.8 Å². The lowest BCUT2D eigenvalue weighted by Gasteiger charge is -1.70. The quantitative estimate of drug-likeness (QED) is 0.552. The lowest BCUT2D eigenvalue weighted by molar-refractivity contribution is 1.50. The molecule has 0 spiro atoms. The molecule has 0 rings (SSSR count). The van der Waals surface area contributed by atoms with Gasteiger partial charge in [-0.3, -0.25) is 0 Å².